The van der Waals surface area contributed by atoms with Crippen LogP contribution in [0, 0.1) is 0 Å². The molecule has 9 heteroatoms. The van der Waals surface area contributed by atoms with Gasteiger partial charge in [-0.1, -0.05) is 84.6 Å². The van der Waals surface area contributed by atoms with Crippen molar-refractivity contribution in [1.29, 1.82) is 0 Å². The van der Waals surface area contributed by atoms with E-state index >= 15 is 0 Å². The topological polar surface area (TPSA) is 69.7 Å². The summed E-state index contributed by atoms with van der Waals surface area (Å²) >= 11 is 0.306. The normalized spacial score (nSPS) is 15.8. The van der Waals surface area contributed by atoms with Crippen molar-refractivity contribution in [2.24, 2.45) is 0 Å². The third-order valence-electron chi connectivity index (χ3n) is 5.28. The predicted molar refractivity (Wildman–Crippen MR) is 125 cm³/mol. The van der Waals surface area contributed by atoms with Gasteiger partial charge in [-0.15, -0.1) is 0 Å². The number of imide groups is 1. The van der Waals surface area contributed by atoms with Gasteiger partial charge in [-0.05, 0) is 23.3 Å². The maximum atomic E-state index is 13.3. The summed E-state index contributed by atoms with van der Waals surface area (Å²) in [5.74, 6) is -3.83. The minimum absolute atomic E-state index is 0.191. The molecule has 0 radical (unpaired) electrons. The van der Waals surface area contributed by atoms with Crippen molar-refractivity contribution in [3.05, 3.63) is 96.1 Å². The lowest BCUT2D eigenvalue weighted by Crippen LogP contribution is -2.38. The summed E-state index contributed by atoms with van der Waals surface area (Å²) in [5, 5.41) is 2.55. The Morgan fingerprint density at radius 2 is 1.53 bits per heavy atom. The number of carbonyl (C=O) groups is 3. The SMILES string of the molecule is O=C(CN1C(=O)C(c2ccccc2)N(Cc2ccccc2)C1=O)Nc1ccccc1SC(F)F. The molecule has 0 saturated carbocycles. The van der Waals surface area contributed by atoms with Gasteiger partial charge in [0.15, 0.2) is 0 Å². The van der Waals surface area contributed by atoms with E-state index < -0.39 is 36.2 Å². The highest BCUT2D eigenvalue weighted by Gasteiger charge is 2.46. The molecule has 1 heterocycles. The van der Waals surface area contributed by atoms with Crippen molar-refractivity contribution in [3.8, 4) is 0 Å². The number of para-hydroxylation sites is 1. The van der Waals surface area contributed by atoms with Crippen molar-refractivity contribution in [2.75, 3.05) is 11.9 Å². The minimum Gasteiger partial charge on any atom is -0.324 e. The Kier molecular flexibility index (Phi) is 7.22. The molecule has 1 aliphatic heterocycles. The number of alkyl halides is 2. The quantitative estimate of drug-likeness (QED) is 0.357. The van der Waals surface area contributed by atoms with Gasteiger partial charge in [0.2, 0.25) is 5.91 Å². The standard InChI is InChI=1S/C25H21F2N3O3S/c26-24(27)34-20-14-8-7-13-19(20)28-21(31)16-30-23(32)22(18-11-5-2-6-12-18)29(25(30)33)15-17-9-3-1-4-10-17/h1-14,22,24H,15-16H2,(H,28,31). The molecule has 3 aromatic carbocycles. The molecule has 4 amide bonds. The first-order valence-corrected chi connectivity index (χ1v) is 11.4. The van der Waals surface area contributed by atoms with Crippen LogP contribution in [0.25, 0.3) is 0 Å². The molecule has 1 unspecified atom stereocenters. The Morgan fingerprint density at radius 1 is 0.912 bits per heavy atom. The third-order valence-corrected chi connectivity index (χ3v) is 6.07. The second kappa shape index (κ2) is 10.5. The molecule has 1 N–H and O–H groups in total. The number of carbonyl (C=O) groups excluding carboxylic acids is 3. The van der Waals surface area contributed by atoms with Crippen LogP contribution in [0.5, 0.6) is 0 Å². The molecule has 1 aliphatic rings. The number of hydrogen-bond acceptors (Lipinski definition) is 4. The largest absolute Gasteiger partial charge is 0.328 e. The number of rotatable bonds is 8. The molecule has 0 aromatic heterocycles. The van der Waals surface area contributed by atoms with E-state index in [1.807, 2.05) is 36.4 Å². The van der Waals surface area contributed by atoms with Crippen molar-refractivity contribution < 1.29 is 23.2 Å². The van der Waals surface area contributed by atoms with Crippen LogP contribution < -0.4 is 5.32 Å². The van der Waals surface area contributed by atoms with Crippen LogP contribution in [0.1, 0.15) is 17.2 Å². The van der Waals surface area contributed by atoms with E-state index in [0.29, 0.717) is 17.3 Å². The molecule has 0 aliphatic carbocycles. The van der Waals surface area contributed by atoms with Gasteiger partial charge < -0.3 is 10.2 Å². The first kappa shape index (κ1) is 23.4. The zero-order valence-corrected chi connectivity index (χ0v) is 18.8. The maximum Gasteiger partial charge on any atom is 0.328 e. The Hall–Kier alpha value is -3.72. The maximum absolute atomic E-state index is 13.3. The second-order valence-electron chi connectivity index (χ2n) is 7.56. The third kappa shape index (κ3) is 5.26. The lowest BCUT2D eigenvalue weighted by atomic mass is 10.1. The average molecular weight is 482 g/mol. The Bertz CT molecular complexity index is 1180. The number of benzene rings is 3. The Labute approximate surface area is 199 Å². The molecular weight excluding hydrogens is 460 g/mol. The Morgan fingerprint density at radius 3 is 2.21 bits per heavy atom. The zero-order valence-electron chi connectivity index (χ0n) is 17.9. The molecule has 1 saturated heterocycles. The number of nitrogens with one attached hydrogen (secondary N) is 1. The number of thioether (sulfide) groups is 1. The summed E-state index contributed by atoms with van der Waals surface area (Å²) in [6.45, 7) is -0.336. The molecule has 1 fully saturated rings. The van der Waals surface area contributed by atoms with Crippen LogP contribution >= 0.6 is 11.8 Å². The molecule has 6 nitrogen and oxygen atoms in total. The fourth-order valence-corrected chi connectivity index (χ4v) is 4.38. The average Bonchev–Trinajstić information content (AvgIpc) is 3.05. The molecule has 174 valence electrons. The minimum atomic E-state index is -2.65. The van der Waals surface area contributed by atoms with Gasteiger partial charge in [0.25, 0.3) is 11.7 Å². The molecule has 34 heavy (non-hydrogen) atoms. The van der Waals surface area contributed by atoms with Gasteiger partial charge in [-0.25, -0.2) is 4.79 Å². The van der Waals surface area contributed by atoms with Crippen molar-refractivity contribution in [3.63, 3.8) is 0 Å². The predicted octanol–water partition coefficient (Wildman–Crippen LogP) is 5.15. The summed E-state index contributed by atoms with van der Waals surface area (Å²) in [6.07, 6.45) is 0. The van der Waals surface area contributed by atoms with Gasteiger partial charge >= 0.3 is 6.03 Å². The molecule has 0 spiro atoms. The first-order chi connectivity index (χ1) is 16.4. The summed E-state index contributed by atoms with van der Waals surface area (Å²) in [7, 11) is 0. The highest BCUT2D eigenvalue weighted by atomic mass is 32.2. The second-order valence-corrected chi connectivity index (χ2v) is 8.59. The zero-order chi connectivity index (χ0) is 24.1. The van der Waals surface area contributed by atoms with E-state index in [1.54, 1.807) is 36.4 Å². The van der Waals surface area contributed by atoms with E-state index in [1.165, 1.54) is 17.0 Å². The molecule has 0 bridgehead atoms. The van der Waals surface area contributed by atoms with Crippen LogP contribution in [0.4, 0.5) is 19.3 Å². The van der Waals surface area contributed by atoms with Crippen molar-refractivity contribution >= 4 is 35.3 Å². The van der Waals surface area contributed by atoms with Gasteiger partial charge in [-0.3, -0.25) is 14.5 Å². The highest BCUT2D eigenvalue weighted by molar-refractivity contribution is 7.99. The van der Waals surface area contributed by atoms with Gasteiger partial charge in [-0.2, -0.15) is 8.78 Å². The van der Waals surface area contributed by atoms with E-state index in [-0.39, 0.29) is 17.1 Å². The number of hydrogen-bond donors (Lipinski definition) is 1. The van der Waals surface area contributed by atoms with Crippen LogP contribution in [0.15, 0.2) is 89.8 Å². The Balaban J connectivity index is 1.55. The van der Waals surface area contributed by atoms with Crippen LogP contribution in [-0.2, 0) is 16.1 Å². The lowest BCUT2D eigenvalue weighted by Gasteiger charge is -2.22. The summed E-state index contributed by atoms with van der Waals surface area (Å²) < 4.78 is 25.7. The van der Waals surface area contributed by atoms with E-state index in [4.69, 9.17) is 0 Å². The highest BCUT2D eigenvalue weighted by Crippen LogP contribution is 2.34. The van der Waals surface area contributed by atoms with Gasteiger partial charge in [0, 0.05) is 11.4 Å². The molecule has 4 rings (SSSR count). The first-order valence-electron chi connectivity index (χ1n) is 10.5. The fraction of sp³-hybridized carbons (Fsp3) is 0.160. The van der Waals surface area contributed by atoms with Crippen molar-refractivity contribution in [1.82, 2.24) is 9.80 Å². The van der Waals surface area contributed by atoms with E-state index in [0.717, 1.165) is 10.5 Å². The van der Waals surface area contributed by atoms with Crippen LogP contribution in [0.3, 0.4) is 0 Å². The summed E-state index contributed by atoms with van der Waals surface area (Å²) in [4.78, 5) is 41.8. The molecular formula is C25H21F2N3O3S. The molecule has 3 aromatic rings. The van der Waals surface area contributed by atoms with E-state index in [2.05, 4.69) is 5.32 Å². The number of nitrogens with zero attached hydrogens (tertiary/aromatic N) is 2. The van der Waals surface area contributed by atoms with Crippen molar-refractivity contribution in [2.45, 2.75) is 23.2 Å². The smallest absolute Gasteiger partial charge is 0.324 e. The fourth-order valence-electron chi connectivity index (χ4n) is 3.79. The summed E-state index contributed by atoms with van der Waals surface area (Å²) in [5.41, 5.74) is 1.67. The van der Waals surface area contributed by atoms with Crippen LogP contribution in [-0.4, -0.2) is 39.9 Å². The monoisotopic (exact) mass is 481 g/mol. The van der Waals surface area contributed by atoms with E-state index in [9.17, 15) is 23.2 Å². The van der Waals surface area contributed by atoms with Gasteiger partial charge in [0.1, 0.15) is 12.6 Å². The number of urea groups is 1. The number of halogens is 2. The van der Waals surface area contributed by atoms with Gasteiger partial charge in [0.05, 0.1) is 5.69 Å². The number of amides is 4. The number of anilines is 1. The van der Waals surface area contributed by atoms with Crippen LogP contribution in [0.2, 0.25) is 0 Å². The molecule has 1 atom stereocenters. The summed E-state index contributed by atoms with van der Waals surface area (Å²) in [6, 6.07) is 22.8. The lowest BCUT2D eigenvalue weighted by molar-refractivity contribution is -0.131.